The SMILES string of the molecule is O=C(O)CC1(CNC(=O)CCNC2CC2)CCC1. The Balaban J connectivity index is 1.62. The van der Waals surface area contributed by atoms with Gasteiger partial charge in [-0.15, -0.1) is 0 Å². The summed E-state index contributed by atoms with van der Waals surface area (Å²) < 4.78 is 0. The Morgan fingerprint density at radius 1 is 1.28 bits per heavy atom. The van der Waals surface area contributed by atoms with E-state index in [0.717, 1.165) is 25.8 Å². The number of aliphatic carboxylic acids is 1. The number of nitrogens with one attached hydrogen (secondary N) is 2. The molecule has 0 radical (unpaired) electrons. The maximum atomic E-state index is 11.6. The van der Waals surface area contributed by atoms with Gasteiger partial charge in [-0.25, -0.2) is 0 Å². The van der Waals surface area contributed by atoms with Gasteiger partial charge >= 0.3 is 5.97 Å². The molecule has 2 rings (SSSR count). The molecule has 2 aliphatic carbocycles. The summed E-state index contributed by atoms with van der Waals surface area (Å²) in [5, 5.41) is 15.0. The predicted molar refractivity (Wildman–Crippen MR) is 67.2 cm³/mol. The van der Waals surface area contributed by atoms with E-state index in [0.29, 0.717) is 19.0 Å². The minimum atomic E-state index is -0.764. The predicted octanol–water partition coefficient (Wildman–Crippen LogP) is 0.890. The van der Waals surface area contributed by atoms with E-state index in [1.165, 1.54) is 12.8 Å². The lowest BCUT2D eigenvalue weighted by Crippen LogP contribution is -2.44. The molecule has 102 valence electrons. The third-order valence-corrected chi connectivity index (χ3v) is 3.96. The van der Waals surface area contributed by atoms with Gasteiger partial charge in [-0.05, 0) is 31.1 Å². The number of amides is 1. The molecule has 0 aliphatic heterocycles. The van der Waals surface area contributed by atoms with Crippen LogP contribution < -0.4 is 10.6 Å². The summed E-state index contributed by atoms with van der Waals surface area (Å²) in [6.07, 6.45) is 6.02. The van der Waals surface area contributed by atoms with Gasteiger partial charge in [0.1, 0.15) is 0 Å². The molecule has 1 amide bonds. The second-order valence-electron chi connectivity index (χ2n) is 5.68. The highest BCUT2D eigenvalue weighted by Gasteiger charge is 2.39. The minimum absolute atomic E-state index is 0.0276. The molecule has 3 N–H and O–H groups in total. The maximum absolute atomic E-state index is 11.6. The first kappa shape index (κ1) is 13.3. The smallest absolute Gasteiger partial charge is 0.303 e. The molecule has 5 heteroatoms. The topological polar surface area (TPSA) is 78.4 Å². The van der Waals surface area contributed by atoms with Gasteiger partial charge in [-0.3, -0.25) is 9.59 Å². The fourth-order valence-electron chi connectivity index (χ4n) is 2.47. The molecule has 0 aromatic rings. The first-order valence-electron chi connectivity index (χ1n) is 6.82. The Bertz CT molecular complexity index is 322. The Labute approximate surface area is 107 Å². The van der Waals surface area contributed by atoms with Gasteiger partial charge in [-0.2, -0.15) is 0 Å². The van der Waals surface area contributed by atoms with Gasteiger partial charge in [0.05, 0.1) is 6.42 Å². The van der Waals surface area contributed by atoms with Crippen LogP contribution in [0.4, 0.5) is 0 Å². The molecule has 0 saturated heterocycles. The van der Waals surface area contributed by atoms with E-state index < -0.39 is 5.97 Å². The van der Waals surface area contributed by atoms with E-state index in [1.54, 1.807) is 0 Å². The summed E-state index contributed by atoms with van der Waals surface area (Å²) in [6.45, 7) is 1.24. The largest absolute Gasteiger partial charge is 0.481 e. The standard InChI is InChI=1S/C13H22N2O3/c16-11(4-7-14-10-2-3-10)15-9-13(5-1-6-13)8-12(17)18/h10,14H,1-9H2,(H,15,16)(H,17,18). The summed E-state index contributed by atoms with van der Waals surface area (Å²) in [5.41, 5.74) is -0.175. The number of hydrogen-bond donors (Lipinski definition) is 3. The Morgan fingerprint density at radius 2 is 2.00 bits per heavy atom. The summed E-state index contributed by atoms with van der Waals surface area (Å²) in [7, 11) is 0. The van der Waals surface area contributed by atoms with Crippen LogP contribution in [0.1, 0.15) is 44.9 Å². The van der Waals surface area contributed by atoms with Crippen LogP contribution in [0.15, 0.2) is 0 Å². The van der Waals surface area contributed by atoms with Crippen LogP contribution in [0.2, 0.25) is 0 Å². The van der Waals surface area contributed by atoms with E-state index >= 15 is 0 Å². The van der Waals surface area contributed by atoms with Crippen molar-refractivity contribution in [2.45, 2.75) is 51.0 Å². The highest BCUT2D eigenvalue weighted by Crippen LogP contribution is 2.43. The first-order chi connectivity index (χ1) is 8.60. The lowest BCUT2D eigenvalue weighted by Gasteiger charge is -2.40. The fraction of sp³-hybridized carbons (Fsp3) is 0.846. The van der Waals surface area contributed by atoms with Crippen LogP contribution in [0.5, 0.6) is 0 Å². The van der Waals surface area contributed by atoms with Crippen LogP contribution in [0.25, 0.3) is 0 Å². The lowest BCUT2D eigenvalue weighted by molar-refractivity contribution is -0.141. The molecular formula is C13H22N2O3. The van der Waals surface area contributed by atoms with Gasteiger partial charge in [0.2, 0.25) is 5.91 Å². The van der Waals surface area contributed by atoms with Gasteiger partial charge < -0.3 is 15.7 Å². The van der Waals surface area contributed by atoms with Gasteiger partial charge in [0, 0.05) is 25.6 Å². The van der Waals surface area contributed by atoms with Crippen LogP contribution >= 0.6 is 0 Å². The molecule has 2 aliphatic rings. The molecule has 0 atom stereocenters. The first-order valence-corrected chi connectivity index (χ1v) is 6.82. The second kappa shape index (κ2) is 5.69. The summed E-state index contributed by atoms with van der Waals surface area (Å²) in [4.78, 5) is 22.4. The zero-order chi connectivity index (χ0) is 13.0. The zero-order valence-electron chi connectivity index (χ0n) is 10.7. The number of carboxylic acid groups (broad SMARTS) is 1. The molecule has 0 bridgehead atoms. The van der Waals surface area contributed by atoms with E-state index in [4.69, 9.17) is 5.11 Å². The molecule has 0 spiro atoms. The van der Waals surface area contributed by atoms with Crippen molar-refractivity contribution in [2.75, 3.05) is 13.1 Å². The minimum Gasteiger partial charge on any atom is -0.481 e. The monoisotopic (exact) mass is 254 g/mol. The Hall–Kier alpha value is -1.10. The zero-order valence-corrected chi connectivity index (χ0v) is 10.7. The van der Waals surface area contributed by atoms with Crippen molar-refractivity contribution < 1.29 is 14.7 Å². The van der Waals surface area contributed by atoms with E-state index in [1.807, 2.05) is 0 Å². The van der Waals surface area contributed by atoms with Crippen LogP contribution in [0.3, 0.4) is 0 Å². The van der Waals surface area contributed by atoms with E-state index in [9.17, 15) is 9.59 Å². The summed E-state index contributed by atoms with van der Waals surface area (Å²) in [6, 6.07) is 0.628. The van der Waals surface area contributed by atoms with Crippen molar-refractivity contribution in [3.8, 4) is 0 Å². The Kier molecular flexibility index (Phi) is 4.22. The molecule has 2 saturated carbocycles. The highest BCUT2D eigenvalue weighted by molar-refractivity contribution is 5.76. The molecule has 2 fully saturated rings. The van der Waals surface area contributed by atoms with Gasteiger partial charge in [0.15, 0.2) is 0 Å². The second-order valence-corrected chi connectivity index (χ2v) is 5.68. The number of carbonyl (C=O) groups is 2. The number of carboxylic acids is 1. The van der Waals surface area contributed by atoms with Gasteiger partial charge in [0.25, 0.3) is 0 Å². The van der Waals surface area contributed by atoms with Gasteiger partial charge in [-0.1, -0.05) is 6.42 Å². The normalized spacial score (nSPS) is 21.1. The molecule has 0 aromatic heterocycles. The molecule has 5 nitrogen and oxygen atoms in total. The van der Waals surface area contributed by atoms with Crippen LogP contribution in [-0.4, -0.2) is 36.1 Å². The molecule has 0 unspecified atom stereocenters. The Morgan fingerprint density at radius 3 is 2.50 bits per heavy atom. The molecular weight excluding hydrogens is 232 g/mol. The highest BCUT2D eigenvalue weighted by atomic mass is 16.4. The van der Waals surface area contributed by atoms with Crippen molar-refractivity contribution in [2.24, 2.45) is 5.41 Å². The summed E-state index contributed by atoms with van der Waals surface area (Å²) >= 11 is 0. The quantitative estimate of drug-likeness (QED) is 0.601. The van der Waals surface area contributed by atoms with Crippen molar-refractivity contribution >= 4 is 11.9 Å². The van der Waals surface area contributed by atoms with Crippen LogP contribution in [-0.2, 0) is 9.59 Å². The van der Waals surface area contributed by atoms with Crippen molar-refractivity contribution in [1.82, 2.24) is 10.6 Å². The maximum Gasteiger partial charge on any atom is 0.303 e. The summed E-state index contributed by atoms with van der Waals surface area (Å²) in [5.74, 6) is -0.737. The fourth-order valence-corrected chi connectivity index (χ4v) is 2.47. The molecule has 0 heterocycles. The van der Waals surface area contributed by atoms with Crippen LogP contribution in [0, 0.1) is 5.41 Å². The van der Waals surface area contributed by atoms with Crippen molar-refractivity contribution in [3.63, 3.8) is 0 Å². The van der Waals surface area contributed by atoms with E-state index in [2.05, 4.69) is 10.6 Å². The van der Waals surface area contributed by atoms with E-state index in [-0.39, 0.29) is 17.7 Å². The third kappa shape index (κ3) is 3.98. The number of rotatable bonds is 8. The number of hydrogen-bond acceptors (Lipinski definition) is 3. The molecule has 0 aromatic carbocycles. The average Bonchev–Trinajstić information content (AvgIpc) is 3.05. The van der Waals surface area contributed by atoms with Crippen molar-refractivity contribution in [3.05, 3.63) is 0 Å². The number of carbonyl (C=O) groups excluding carboxylic acids is 1. The lowest BCUT2D eigenvalue weighted by atomic mass is 9.66. The van der Waals surface area contributed by atoms with Crippen molar-refractivity contribution in [1.29, 1.82) is 0 Å². The third-order valence-electron chi connectivity index (χ3n) is 3.96. The molecule has 18 heavy (non-hydrogen) atoms. The average molecular weight is 254 g/mol.